The number of hydrogen-bond acceptors (Lipinski definition) is 22. The monoisotopic (exact) mass is 1300 g/mol. The number of nitrogens with two attached hydrogens (primary N) is 2. The number of carbonyl (C=O) groups excluding carboxylic acids is 8. The van der Waals surface area contributed by atoms with Gasteiger partial charge in [-0.25, -0.2) is 18.0 Å². The molecule has 8 amide bonds. The van der Waals surface area contributed by atoms with Gasteiger partial charge in [-0.3, -0.25) is 47.9 Å². The summed E-state index contributed by atoms with van der Waals surface area (Å²) in [7, 11) is -3.90. The quantitative estimate of drug-likeness (QED) is 0.0328. The number of tetrazole rings is 1. The molecule has 0 radical (unpaired) electrons. The first-order chi connectivity index (χ1) is 42.1. The lowest BCUT2D eigenvalue weighted by atomic mass is 10.0. The first-order valence-electron chi connectivity index (χ1n) is 29.6. The van der Waals surface area contributed by atoms with E-state index in [0.29, 0.717) is 19.3 Å². The molecule has 1 rings (SSSR count). The van der Waals surface area contributed by atoms with Crippen LogP contribution in [0, 0.1) is 0 Å². The first kappa shape index (κ1) is 79.4. The van der Waals surface area contributed by atoms with Crippen molar-refractivity contribution in [3.05, 3.63) is 5.82 Å². The Hall–Kier alpha value is -6.66. The van der Waals surface area contributed by atoms with Gasteiger partial charge in [-0.15, -0.1) is 22.0 Å². The van der Waals surface area contributed by atoms with Gasteiger partial charge in [0, 0.05) is 57.5 Å². The maximum atomic E-state index is 12.6. The van der Waals surface area contributed by atoms with Gasteiger partial charge in [0.1, 0.15) is 37.4 Å². The molecule has 0 aliphatic carbocycles. The molecule has 0 fully saturated rings. The summed E-state index contributed by atoms with van der Waals surface area (Å²) in [6.07, 6.45) is 13.3. The van der Waals surface area contributed by atoms with Crippen molar-refractivity contribution >= 4 is 87.0 Å². The van der Waals surface area contributed by atoms with Crippen molar-refractivity contribution in [2.75, 3.05) is 89.7 Å². The van der Waals surface area contributed by atoms with Crippen molar-refractivity contribution in [3.63, 3.8) is 0 Å². The Morgan fingerprint density at radius 3 is 1.50 bits per heavy atom. The molecule has 0 unspecified atom stereocenters. The number of aryl methyl sites for hydroxylation is 1. The van der Waals surface area contributed by atoms with Gasteiger partial charge in [-0.05, 0) is 51.4 Å². The molecule has 88 heavy (non-hydrogen) atoms. The van der Waals surface area contributed by atoms with Gasteiger partial charge in [0.25, 0.3) is 0 Å². The molecule has 33 nitrogen and oxygen atoms in total. The van der Waals surface area contributed by atoms with E-state index in [1.165, 1.54) is 32.1 Å². The first-order valence-corrected chi connectivity index (χ1v) is 32.4. The van der Waals surface area contributed by atoms with E-state index in [2.05, 4.69) is 57.2 Å². The summed E-state index contributed by atoms with van der Waals surface area (Å²) >= 11 is 1.08. The molecule has 0 aliphatic rings. The molecule has 0 aromatic carbocycles. The zero-order valence-electron chi connectivity index (χ0n) is 50.1. The summed E-state index contributed by atoms with van der Waals surface area (Å²) in [5, 5.41) is 56.6. The molecule has 0 spiro atoms. The number of aromatic nitrogens is 4. The second-order valence-electron chi connectivity index (χ2n) is 20.4. The number of carboxylic acid groups (broad SMARTS) is 3. The second kappa shape index (κ2) is 50.2. The molecule has 1 aromatic rings. The summed E-state index contributed by atoms with van der Waals surface area (Å²) in [5.41, 5.74) is 10.8. The van der Waals surface area contributed by atoms with Gasteiger partial charge in [0.15, 0.2) is 5.82 Å². The fourth-order valence-electron chi connectivity index (χ4n) is 7.99. The number of amides is 8. The normalized spacial score (nSPS) is 12.6. The van der Waals surface area contributed by atoms with Crippen molar-refractivity contribution in [2.45, 2.75) is 172 Å². The largest absolute Gasteiger partial charge is 0.480 e. The number of aliphatic carboxylic acids is 3. The Morgan fingerprint density at radius 2 is 0.977 bits per heavy atom. The number of thioether (sulfide) groups is 1. The van der Waals surface area contributed by atoms with E-state index in [4.69, 9.17) is 35.5 Å². The number of primary amides is 1. The van der Waals surface area contributed by atoms with Crippen molar-refractivity contribution in [3.8, 4) is 0 Å². The Bertz CT molecular complexity index is 2340. The highest BCUT2D eigenvalue weighted by atomic mass is 32.2. The molecule has 1 aromatic heterocycles. The smallest absolute Gasteiger partial charge is 0.326 e. The van der Waals surface area contributed by atoms with Gasteiger partial charge >= 0.3 is 17.9 Å². The predicted octanol–water partition coefficient (Wildman–Crippen LogP) is -1.56. The summed E-state index contributed by atoms with van der Waals surface area (Å²) in [6.45, 7) is -0.561. The van der Waals surface area contributed by atoms with E-state index in [1.807, 2.05) is 0 Å². The highest BCUT2D eigenvalue weighted by Crippen LogP contribution is 2.14. The third-order valence-corrected chi connectivity index (χ3v) is 15.2. The van der Waals surface area contributed by atoms with Crippen LogP contribution in [0.2, 0.25) is 0 Å². The minimum Gasteiger partial charge on any atom is -0.480 e. The molecule has 0 saturated heterocycles. The number of aromatic amines is 1. The van der Waals surface area contributed by atoms with Crippen LogP contribution in [0.25, 0.3) is 0 Å². The predicted molar refractivity (Wildman–Crippen MR) is 317 cm³/mol. The molecule has 0 bridgehead atoms. The van der Waals surface area contributed by atoms with Crippen molar-refractivity contribution in [1.29, 1.82) is 0 Å². The second-order valence-corrected chi connectivity index (χ2v) is 23.2. The lowest BCUT2D eigenvalue weighted by Gasteiger charge is -2.17. The van der Waals surface area contributed by atoms with Crippen LogP contribution in [0.4, 0.5) is 0 Å². The van der Waals surface area contributed by atoms with E-state index in [9.17, 15) is 71.4 Å². The molecule has 35 heteroatoms. The van der Waals surface area contributed by atoms with Crippen LogP contribution in [0.5, 0.6) is 0 Å². The minimum atomic E-state index is -3.90. The number of nitrogens with zero attached hydrogens (tertiary/aromatic N) is 3. The third-order valence-electron chi connectivity index (χ3n) is 12.7. The number of hydrogen-bond donors (Lipinski definition) is 13. The maximum Gasteiger partial charge on any atom is 0.326 e. The van der Waals surface area contributed by atoms with Crippen LogP contribution in [0.15, 0.2) is 0 Å². The van der Waals surface area contributed by atoms with Crippen LogP contribution < -0.4 is 48.1 Å². The van der Waals surface area contributed by atoms with Crippen molar-refractivity contribution in [1.82, 2.24) is 57.2 Å². The minimum absolute atomic E-state index is 0.00125. The summed E-state index contributed by atoms with van der Waals surface area (Å²) in [5.74, 6) is -8.49. The van der Waals surface area contributed by atoms with Crippen molar-refractivity contribution in [2.24, 2.45) is 11.5 Å². The maximum absolute atomic E-state index is 12.6. The van der Waals surface area contributed by atoms with E-state index in [0.717, 1.165) is 62.5 Å². The van der Waals surface area contributed by atoms with E-state index < -0.39 is 125 Å². The van der Waals surface area contributed by atoms with E-state index in [1.54, 1.807) is 0 Å². The number of rotatable bonds is 58. The number of nitrogens with one attached hydrogen (secondary N) is 8. The Kier molecular flexibility index (Phi) is 45.3. The number of H-pyrrole nitrogens is 1. The standard InChI is InChI=1S/C53H93N13O20S2/c54-38(51(75)76)36-87-37-49(73)56-24-14-13-16-39(50(55)74)59-47(71)34-85-31-29-84-28-26-58-44(68)22-20-40(52(77)78)60-45(69)23-21-41(53(79)80)61-48(72)35-86-32-30-83-27-25-57-43(67)19-15-33-88(81,82)64-46(70)18-12-10-8-6-4-2-1-3-5-7-9-11-17-42-62-65-66-63-42/h38-41H,1-37,54H2,(H2,55,74)(H,56,73)(H,57,67)(H,58,68)(H,59,71)(H,60,69)(H,61,72)(H,64,70)(H,75,76)(H,77,78)(H,79,80)(H,62,63,65,66)/t38-,39-,40-,41-/m0/s1. The number of unbranched alkanes of at least 4 members (excludes halogenated alkanes) is 12. The molecule has 4 atom stereocenters. The molecule has 0 saturated carbocycles. The Labute approximate surface area is 516 Å². The molecule has 15 N–H and O–H groups in total. The Morgan fingerprint density at radius 1 is 0.500 bits per heavy atom. The van der Waals surface area contributed by atoms with Gasteiger partial charge in [0.05, 0.1) is 51.1 Å². The van der Waals surface area contributed by atoms with Crippen LogP contribution >= 0.6 is 11.8 Å². The van der Waals surface area contributed by atoms with Crippen LogP contribution in [-0.2, 0) is 88.1 Å². The van der Waals surface area contributed by atoms with Gasteiger partial charge in [-0.1, -0.05) is 69.4 Å². The SMILES string of the molecule is NC(=O)[C@H](CCCCNC(=O)CSC[C@H](N)C(=O)O)NC(=O)COCCOCCNC(=O)CC[C@H](NC(=O)CC[C@H](NC(=O)COCCOCCNC(=O)CCCS(=O)(=O)NC(=O)CCCCCCCCCCCCCCc1nn[nH]n1)C(=O)O)C(=O)O. The third kappa shape index (κ3) is 45.6. The van der Waals surface area contributed by atoms with E-state index >= 15 is 0 Å². The van der Waals surface area contributed by atoms with Gasteiger partial charge in [0.2, 0.25) is 57.3 Å². The molecule has 0 aliphatic heterocycles. The topological polar surface area (TPSA) is 510 Å². The van der Waals surface area contributed by atoms with Crippen LogP contribution in [0.3, 0.4) is 0 Å². The molecule has 1 heterocycles. The summed E-state index contributed by atoms with van der Waals surface area (Å²) in [4.78, 5) is 132. The fourth-order valence-corrected chi connectivity index (χ4v) is 9.86. The average Bonchev–Trinajstić information content (AvgIpc) is 4.07. The van der Waals surface area contributed by atoms with Crippen molar-refractivity contribution < 1.29 is 95.4 Å². The zero-order valence-corrected chi connectivity index (χ0v) is 51.7. The zero-order chi connectivity index (χ0) is 65.2. The lowest BCUT2D eigenvalue weighted by molar-refractivity contribution is -0.144. The highest BCUT2D eigenvalue weighted by Gasteiger charge is 2.25. The number of carboxylic acids is 3. The number of carbonyl (C=O) groups is 11. The summed E-state index contributed by atoms with van der Waals surface area (Å²) < 4.78 is 47.9. The molecule has 502 valence electrons. The fraction of sp³-hybridized carbons (Fsp3) is 0.774. The highest BCUT2D eigenvalue weighted by molar-refractivity contribution is 8.00. The van der Waals surface area contributed by atoms with E-state index in [-0.39, 0.29) is 115 Å². The number of ether oxygens (including phenoxy) is 4. The van der Waals surface area contributed by atoms with Gasteiger partial charge < -0.3 is 77.6 Å². The number of sulfonamides is 1. The average molecular weight is 1300 g/mol. The summed E-state index contributed by atoms with van der Waals surface area (Å²) in [6, 6.07) is -5.07. The lowest BCUT2D eigenvalue weighted by Crippen LogP contribution is -2.45. The Balaban J connectivity index is 2.11. The molecular weight excluding hydrogens is 1200 g/mol. The van der Waals surface area contributed by atoms with Crippen LogP contribution in [0.1, 0.15) is 147 Å². The van der Waals surface area contributed by atoms with Crippen LogP contribution in [-0.4, -0.2) is 223 Å². The van der Waals surface area contributed by atoms with Gasteiger partial charge in [-0.2, -0.15) is 5.21 Å². The molecular formula is C53H93N13O20S2.